The summed E-state index contributed by atoms with van der Waals surface area (Å²) in [5, 5.41) is 0. The van der Waals surface area contributed by atoms with Crippen LogP contribution in [0.2, 0.25) is 0 Å². The molecule has 0 unspecified atom stereocenters. The molecule has 0 spiro atoms. The van der Waals surface area contributed by atoms with E-state index in [0.717, 1.165) is 70.6 Å². The smallest absolute Gasteiger partial charge is 0.462 e. The fourth-order valence-electron chi connectivity index (χ4n) is 5.49. The van der Waals surface area contributed by atoms with Crippen LogP contribution in [0.5, 0.6) is 0 Å². The van der Waals surface area contributed by atoms with Crippen LogP contribution in [0.1, 0.15) is 187 Å². The largest absolute Gasteiger partial charge is 0.469 e. The van der Waals surface area contributed by atoms with Crippen LogP contribution in [0.25, 0.3) is 0 Å². The third-order valence-corrected chi connectivity index (χ3v) is 9.06. The van der Waals surface area contributed by atoms with Gasteiger partial charge < -0.3 is 19.3 Å². The van der Waals surface area contributed by atoms with Gasteiger partial charge in [0.05, 0.1) is 6.61 Å². The minimum atomic E-state index is -4.76. The lowest BCUT2D eigenvalue weighted by Gasteiger charge is -2.18. The molecule has 0 aliphatic heterocycles. The molecule has 0 amide bonds. The Morgan fingerprint density at radius 2 is 0.882 bits per heavy atom. The molecule has 0 aliphatic rings. The highest BCUT2D eigenvalue weighted by molar-refractivity contribution is 7.46. The SMILES string of the molecule is CCCCC/C=C\C/C=C\C/C=C\CCCCCCC(=O)OC[C@H](COP(=O)(O)O)OC(=O)CCCCCCC/C=C\CCCCCCCCC. The van der Waals surface area contributed by atoms with Gasteiger partial charge in [0.15, 0.2) is 6.10 Å². The van der Waals surface area contributed by atoms with E-state index in [0.29, 0.717) is 12.8 Å². The number of rotatable bonds is 37. The Bertz CT molecular complexity index is 968. The maximum absolute atomic E-state index is 12.4. The zero-order valence-electron chi connectivity index (χ0n) is 32.5. The molecule has 0 heterocycles. The number of phosphoric ester groups is 1. The second-order valence-corrected chi connectivity index (χ2v) is 14.8. The monoisotopic (exact) mass is 739 g/mol. The van der Waals surface area contributed by atoms with E-state index < -0.39 is 32.5 Å². The van der Waals surface area contributed by atoms with Crippen LogP contribution in [-0.4, -0.2) is 41.0 Å². The molecule has 1 atom stereocenters. The van der Waals surface area contributed by atoms with Crippen LogP contribution in [0.3, 0.4) is 0 Å². The van der Waals surface area contributed by atoms with Crippen molar-refractivity contribution in [3.63, 3.8) is 0 Å². The molecular formula is C42H75O8P. The van der Waals surface area contributed by atoms with Crippen LogP contribution in [-0.2, 0) is 28.2 Å². The molecule has 0 fully saturated rings. The molecule has 0 saturated carbocycles. The van der Waals surface area contributed by atoms with Crippen LogP contribution >= 0.6 is 7.82 Å². The molecular weight excluding hydrogens is 663 g/mol. The van der Waals surface area contributed by atoms with E-state index in [2.05, 4.69) is 67.0 Å². The number of allylic oxidation sites excluding steroid dienone is 8. The number of phosphoric acid groups is 1. The van der Waals surface area contributed by atoms with Gasteiger partial charge in [-0.3, -0.25) is 14.1 Å². The summed E-state index contributed by atoms with van der Waals surface area (Å²) in [6.07, 6.45) is 45.4. The second-order valence-electron chi connectivity index (χ2n) is 13.6. The lowest BCUT2D eigenvalue weighted by atomic mass is 10.1. The van der Waals surface area contributed by atoms with Crippen molar-refractivity contribution in [2.24, 2.45) is 0 Å². The molecule has 0 aromatic carbocycles. The van der Waals surface area contributed by atoms with Gasteiger partial charge in [0.2, 0.25) is 0 Å². The third-order valence-electron chi connectivity index (χ3n) is 8.57. The molecule has 2 N–H and O–H groups in total. The average molecular weight is 739 g/mol. The molecule has 0 aromatic heterocycles. The molecule has 8 nitrogen and oxygen atoms in total. The summed E-state index contributed by atoms with van der Waals surface area (Å²) < 4.78 is 26.3. The third kappa shape index (κ3) is 40.6. The molecule has 0 aliphatic carbocycles. The maximum atomic E-state index is 12.4. The Morgan fingerprint density at radius 1 is 0.510 bits per heavy atom. The van der Waals surface area contributed by atoms with E-state index >= 15 is 0 Å². The Morgan fingerprint density at radius 3 is 1.37 bits per heavy atom. The summed E-state index contributed by atoms with van der Waals surface area (Å²) in [5.74, 6) is -0.920. The first-order valence-corrected chi connectivity index (χ1v) is 22.0. The highest BCUT2D eigenvalue weighted by Crippen LogP contribution is 2.36. The summed E-state index contributed by atoms with van der Waals surface area (Å²) >= 11 is 0. The number of unbranched alkanes of at least 4 members (excludes halogenated alkanes) is 19. The predicted molar refractivity (Wildman–Crippen MR) is 211 cm³/mol. The van der Waals surface area contributed by atoms with Gasteiger partial charge in [-0.15, -0.1) is 0 Å². The summed E-state index contributed by atoms with van der Waals surface area (Å²) in [5.41, 5.74) is 0. The highest BCUT2D eigenvalue weighted by Gasteiger charge is 2.22. The van der Waals surface area contributed by atoms with Crippen molar-refractivity contribution in [2.45, 2.75) is 193 Å². The molecule has 0 rings (SSSR count). The van der Waals surface area contributed by atoms with E-state index in [4.69, 9.17) is 19.3 Å². The second kappa shape index (κ2) is 37.8. The first-order valence-electron chi connectivity index (χ1n) is 20.4. The average Bonchev–Trinajstić information content (AvgIpc) is 3.10. The summed E-state index contributed by atoms with van der Waals surface area (Å²) in [6.45, 7) is 3.63. The van der Waals surface area contributed by atoms with E-state index in [1.807, 2.05) is 0 Å². The number of esters is 2. The summed E-state index contributed by atoms with van der Waals surface area (Å²) in [7, 11) is -4.76. The van der Waals surface area contributed by atoms with Crippen molar-refractivity contribution in [3.05, 3.63) is 48.6 Å². The van der Waals surface area contributed by atoms with Gasteiger partial charge in [-0.2, -0.15) is 0 Å². The predicted octanol–water partition coefficient (Wildman–Crippen LogP) is 12.3. The first kappa shape index (κ1) is 49.0. The summed E-state index contributed by atoms with van der Waals surface area (Å²) in [6, 6.07) is 0. The Labute approximate surface area is 312 Å². The fourth-order valence-corrected chi connectivity index (χ4v) is 5.85. The van der Waals surface area contributed by atoms with Crippen LogP contribution < -0.4 is 0 Å². The zero-order valence-corrected chi connectivity index (χ0v) is 33.4. The zero-order chi connectivity index (χ0) is 37.5. The number of hydrogen-bond acceptors (Lipinski definition) is 6. The van der Waals surface area contributed by atoms with Crippen molar-refractivity contribution >= 4 is 19.8 Å². The van der Waals surface area contributed by atoms with Crippen LogP contribution in [0, 0.1) is 0 Å². The highest BCUT2D eigenvalue weighted by atomic mass is 31.2. The topological polar surface area (TPSA) is 119 Å². The van der Waals surface area contributed by atoms with Crippen molar-refractivity contribution in [1.29, 1.82) is 0 Å². The van der Waals surface area contributed by atoms with Gasteiger partial charge >= 0.3 is 19.8 Å². The quantitative estimate of drug-likeness (QED) is 0.0280. The standard InChI is InChI=1S/C42H75O8P/c1-3-5-7-9-11-13-15-17-19-21-23-24-26-28-30-32-34-36-41(43)48-38-40(39-49-51(45,46)47)50-42(44)37-35-33-31-29-27-25-22-20-18-16-14-12-10-8-6-4-2/h11,13,17,19-20,22-24,40H,3-10,12,14-16,18,21,25-39H2,1-2H3,(H2,45,46,47)/b13-11-,19-17-,22-20-,24-23-/t40-/m1/s1. The molecule has 0 bridgehead atoms. The minimum Gasteiger partial charge on any atom is -0.462 e. The lowest BCUT2D eigenvalue weighted by Crippen LogP contribution is -2.29. The lowest BCUT2D eigenvalue weighted by molar-refractivity contribution is -0.161. The molecule has 0 aromatic rings. The van der Waals surface area contributed by atoms with Crippen molar-refractivity contribution in [2.75, 3.05) is 13.2 Å². The first-order chi connectivity index (χ1) is 24.8. The van der Waals surface area contributed by atoms with Crippen molar-refractivity contribution < 1.29 is 37.9 Å². The molecule has 51 heavy (non-hydrogen) atoms. The Balaban J connectivity index is 4.00. The van der Waals surface area contributed by atoms with E-state index in [1.54, 1.807) is 0 Å². The van der Waals surface area contributed by atoms with E-state index in [-0.39, 0.29) is 19.4 Å². The number of carbonyl (C=O) groups is 2. The summed E-state index contributed by atoms with van der Waals surface area (Å²) in [4.78, 5) is 42.8. The van der Waals surface area contributed by atoms with Crippen molar-refractivity contribution in [3.8, 4) is 0 Å². The number of ether oxygens (including phenoxy) is 2. The Hall–Kier alpha value is -1.99. The fraction of sp³-hybridized carbons (Fsp3) is 0.762. The van der Waals surface area contributed by atoms with Gasteiger partial charge in [0, 0.05) is 12.8 Å². The van der Waals surface area contributed by atoms with Gasteiger partial charge in [-0.25, -0.2) is 4.57 Å². The number of carbonyl (C=O) groups excluding carboxylic acids is 2. The van der Waals surface area contributed by atoms with Crippen LogP contribution in [0.15, 0.2) is 48.6 Å². The molecule has 0 radical (unpaired) electrons. The van der Waals surface area contributed by atoms with Gasteiger partial charge in [0.1, 0.15) is 6.61 Å². The van der Waals surface area contributed by atoms with E-state index in [9.17, 15) is 14.2 Å². The maximum Gasteiger partial charge on any atom is 0.469 e. The number of hydrogen-bond donors (Lipinski definition) is 2. The van der Waals surface area contributed by atoms with Gasteiger partial charge in [-0.1, -0.05) is 146 Å². The van der Waals surface area contributed by atoms with Gasteiger partial charge in [0.25, 0.3) is 0 Å². The Kier molecular flexibility index (Phi) is 36.3. The normalized spacial score (nSPS) is 12.9. The van der Waals surface area contributed by atoms with Crippen molar-refractivity contribution in [1.82, 2.24) is 0 Å². The van der Waals surface area contributed by atoms with Crippen LogP contribution in [0.4, 0.5) is 0 Å². The van der Waals surface area contributed by atoms with Gasteiger partial charge in [-0.05, 0) is 77.0 Å². The molecule has 296 valence electrons. The minimum absolute atomic E-state index is 0.196. The van der Waals surface area contributed by atoms with E-state index in [1.165, 1.54) is 77.0 Å². The molecule has 0 saturated heterocycles. The molecule has 9 heteroatoms.